The minimum absolute atomic E-state index is 0.149. The van der Waals surface area contributed by atoms with Crippen LogP contribution in [0.25, 0.3) is 0 Å². The third-order valence-corrected chi connectivity index (χ3v) is 5.24. The molecule has 0 saturated carbocycles. The smallest absolute Gasteiger partial charge is 0.242 e. The quantitative estimate of drug-likeness (QED) is 0.823. The zero-order chi connectivity index (χ0) is 16.8. The number of para-hydroxylation sites is 2. The lowest BCUT2D eigenvalue weighted by molar-refractivity contribution is -0.917. The zero-order valence-electron chi connectivity index (χ0n) is 14.0. The first-order chi connectivity index (χ1) is 11.8. The Morgan fingerprint density at radius 1 is 1.25 bits per heavy atom. The molecule has 0 radical (unpaired) electrons. The Labute approximate surface area is 146 Å². The normalized spacial score (nSPS) is 15.3. The van der Waals surface area contributed by atoms with E-state index in [0.717, 1.165) is 44.2 Å². The van der Waals surface area contributed by atoms with Gasteiger partial charge >= 0.3 is 0 Å². The minimum atomic E-state index is 0.149. The highest BCUT2D eigenvalue weighted by molar-refractivity contribution is 7.09. The first-order valence-electron chi connectivity index (χ1n) is 8.27. The summed E-state index contributed by atoms with van der Waals surface area (Å²) in [4.78, 5) is 17.3. The van der Waals surface area contributed by atoms with Gasteiger partial charge in [-0.25, -0.2) is 0 Å². The number of nitrogens with zero attached hydrogens (tertiary/aromatic N) is 1. The van der Waals surface area contributed by atoms with Gasteiger partial charge in [0.25, 0.3) is 0 Å². The van der Waals surface area contributed by atoms with E-state index in [4.69, 9.17) is 4.74 Å². The molecule has 128 valence electrons. The van der Waals surface area contributed by atoms with Crippen LogP contribution in [0.2, 0.25) is 0 Å². The van der Waals surface area contributed by atoms with Crippen LogP contribution in [0.1, 0.15) is 4.88 Å². The van der Waals surface area contributed by atoms with Gasteiger partial charge in [0, 0.05) is 0 Å². The van der Waals surface area contributed by atoms with E-state index in [1.165, 1.54) is 4.88 Å². The third kappa shape index (κ3) is 4.27. The van der Waals surface area contributed by atoms with Crippen molar-refractivity contribution in [1.29, 1.82) is 0 Å². The van der Waals surface area contributed by atoms with E-state index in [-0.39, 0.29) is 5.91 Å². The van der Waals surface area contributed by atoms with Crippen LogP contribution in [0.3, 0.4) is 0 Å². The molecule has 5 nitrogen and oxygen atoms in total. The van der Waals surface area contributed by atoms with Crippen LogP contribution in [0.5, 0.6) is 5.75 Å². The number of carbonyl (C=O) groups is 1. The summed E-state index contributed by atoms with van der Waals surface area (Å²) in [6.45, 7) is 5.05. The maximum atomic E-state index is 12.4. The summed E-state index contributed by atoms with van der Waals surface area (Å²) in [5, 5.41) is 5.31. The molecule has 1 aromatic carbocycles. The van der Waals surface area contributed by atoms with Crippen LogP contribution in [0, 0.1) is 0 Å². The molecule has 0 aliphatic carbocycles. The van der Waals surface area contributed by atoms with Crippen molar-refractivity contribution < 1.29 is 14.4 Å². The van der Waals surface area contributed by atoms with Crippen LogP contribution >= 0.6 is 11.3 Å². The highest BCUT2D eigenvalue weighted by atomic mass is 32.1. The van der Waals surface area contributed by atoms with Gasteiger partial charge in [-0.3, -0.25) is 4.79 Å². The van der Waals surface area contributed by atoms with E-state index >= 15 is 0 Å². The molecule has 1 aliphatic heterocycles. The minimum Gasteiger partial charge on any atom is -0.495 e. The van der Waals surface area contributed by atoms with Crippen molar-refractivity contribution in [2.75, 3.05) is 45.2 Å². The lowest BCUT2D eigenvalue weighted by atomic mass is 10.2. The summed E-state index contributed by atoms with van der Waals surface area (Å²) < 4.78 is 5.30. The van der Waals surface area contributed by atoms with E-state index < -0.39 is 0 Å². The molecule has 1 aromatic heterocycles. The SMILES string of the molecule is COc1ccccc1NCC(=O)N1CC[NH+](Cc2cccs2)CC1. The highest BCUT2D eigenvalue weighted by Gasteiger charge is 2.23. The van der Waals surface area contributed by atoms with Crippen molar-refractivity contribution in [3.63, 3.8) is 0 Å². The molecule has 0 bridgehead atoms. The number of methoxy groups -OCH3 is 1. The molecule has 1 fully saturated rings. The van der Waals surface area contributed by atoms with Gasteiger partial charge in [0.15, 0.2) is 0 Å². The monoisotopic (exact) mass is 346 g/mol. The number of ether oxygens (including phenoxy) is 1. The molecule has 2 aromatic rings. The standard InChI is InChI=1S/C18H23N3O2S/c1-23-17-7-3-2-6-16(17)19-13-18(22)21-10-8-20(9-11-21)14-15-5-4-12-24-15/h2-7,12,19H,8-11,13-14H2,1H3/p+1. The Balaban J connectivity index is 1.45. The lowest BCUT2D eigenvalue weighted by Crippen LogP contribution is -3.13. The predicted octanol–water partition coefficient (Wildman–Crippen LogP) is 1.10. The van der Waals surface area contributed by atoms with E-state index in [0.29, 0.717) is 6.54 Å². The summed E-state index contributed by atoms with van der Waals surface area (Å²) in [5.74, 6) is 0.909. The molecular formula is C18H24N3O2S+. The number of benzene rings is 1. The molecule has 2 heterocycles. The van der Waals surface area contributed by atoms with Crippen molar-refractivity contribution in [3.8, 4) is 5.75 Å². The average molecular weight is 346 g/mol. The van der Waals surface area contributed by atoms with Crippen molar-refractivity contribution >= 4 is 22.9 Å². The van der Waals surface area contributed by atoms with Gasteiger partial charge in [0.2, 0.25) is 5.91 Å². The van der Waals surface area contributed by atoms with Crippen LogP contribution < -0.4 is 15.0 Å². The second kappa shape index (κ2) is 8.17. The average Bonchev–Trinajstić information content (AvgIpc) is 3.13. The molecule has 0 atom stereocenters. The van der Waals surface area contributed by atoms with Crippen molar-refractivity contribution in [2.45, 2.75) is 6.54 Å². The van der Waals surface area contributed by atoms with Crippen molar-refractivity contribution in [3.05, 3.63) is 46.7 Å². The molecule has 1 aliphatic rings. The topological polar surface area (TPSA) is 46.0 Å². The lowest BCUT2D eigenvalue weighted by Gasteiger charge is -2.32. The number of hydrogen-bond acceptors (Lipinski definition) is 4. The Morgan fingerprint density at radius 2 is 2.04 bits per heavy atom. The number of thiophene rings is 1. The number of carbonyl (C=O) groups excluding carboxylic acids is 1. The summed E-state index contributed by atoms with van der Waals surface area (Å²) in [5.41, 5.74) is 0.857. The maximum absolute atomic E-state index is 12.4. The number of rotatable bonds is 6. The maximum Gasteiger partial charge on any atom is 0.242 e. The van der Waals surface area contributed by atoms with E-state index in [1.54, 1.807) is 12.0 Å². The Kier molecular flexibility index (Phi) is 5.72. The highest BCUT2D eigenvalue weighted by Crippen LogP contribution is 2.22. The summed E-state index contributed by atoms with van der Waals surface area (Å²) in [6.07, 6.45) is 0. The summed E-state index contributed by atoms with van der Waals surface area (Å²) in [6, 6.07) is 12.0. The van der Waals surface area contributed by atoms with Gasteiger partial charge in [0.05, 0.1) is 50.4 Å². The van der Waals surface area contributed by atoms with E-state index in [9.17, 15) is 4.79 Å². The second-order valence-corrected chi connectivity index (χ2v) is 6.97. The van der Waals surface area contributed by atoms with Crippen LogP contribution in [0.4, 0.5) is 5.69 Å². The summed E-state index contributed by atoms with van der Waals surface area (Å²) in [7, 11) is 1.64. The van der Waals surface area contributed by atoms with Crippen molar-refractivity contribution in [1.82, 2.24) is 4.90 Å². The van der Waals surface area contributed by atoms with Crippen LogP contribution in [-0.4, -0.2) is 50.6 Å². The van der Waals surface area contributed by atoms with Gasteiger partial charge in [-0.15, -0.1) is 11.3 Å². The molecule has 3 rings (SSSR count). The fourth-order valence-corrected chi connectivity index (χ4v) is 3.76. The molecule has 1 amide bonds. The van der Waals surface area contributed by atoms with Gasteiger partial charge in [-0.2, -0.15) is 0 Å². The van der Waals surface area contributed by atoms with E-state index in [1.807, 2.05) is 40.5 Å². The first kappa shape index (κ1) is 16.8. The molecule has 2 N–H and O–H groups in total. The fraction of sp³-hybridized carbons (Fsp3) is 0.389. The number of nitrogens with one attached hydrogen (secondary N) is 2. The van der Waals surface area contributed by atoms with Crippen LogP contribution in [0.15, 0.2) is 41.8 Å². The molecular weight excluding hydrogens is 322 g/mol. The number of piperazine rings is 1. The summed E-state index contributed by atoms with van der Waals surface area (Å²) >= 11 is 1.81. The molecule has 0 spiro atoms. The Hall–Kier alpha value is -2.05. The van der Waals surface area contributed by atoms with Crippen molar-refractivity contribution in [2.24, 2.45) is 0 Å². The van der Waals surface area contributed by atoms with Gasteiger partial charge in [0.1, 0.15) is 12.3 Å². The predicted molar refractivity (Wildman–Crippen MR) is 96.8 cm³/mol. The van der Waals surface area contributed by atoms with Gasteiger partial charge < -0.3 is 19.9 Å². The number of anilines is 1. The van der Waals surface area contributed by atoms with Gasteiger partial charge in [-0.05, 0) is 23.6 Å². The van der Waals surface area contributed by atoms with Gasteiger partial charge in [-0.1, -0.05) is 18.2 Å². The Bertz CT molecular complexity index is 652. The molecule has 0 unspecified atom stereocenters. The van der Waals surface area contributed by atoms with E-state index in [2.05, 4.69) is 22.8 Å². The fourth-order valence-electron chi connectivity index (χ4n) is 2.98. The molecule has 6 heteroatoms. The zero-order valence-corrected chi connectivity index (χ0v) is 14.8. The molecule has 24 heavy (non-hydrogen) atoms. The number of amides is 1. The van der Waals surface area contributed by atoms with Crippen LogP contribution in [-0.2, 0) is 11.3 Å². The largest absolute Gasteiger partial charge is 0.495 e. The Morgan fingerprint density at radius 3 is 2.75 bits per heavy atom. The first-order valence-corrected chi connectivity index (χ1v) is 9.15. The number of hydrogen-bond donors (Lipinski definition) is 2. The second-order valence-electron chi connectivity index (χ2n) is 5.94. The third-order valence-electron chi connectivity index (χ3n) is 4.36. The number of quaternary nitrogens is 1. The molecule has 1 saturated heterocycles.